The lowest BCUT2D eigenvalue weighted by Gasteiger charge is -2.13. The molecular formula is C13H19BrFN. The van der Waals surface area contributed by atoms with Crippen LogP contribution in [0.25, 0.3) is 0 Å². The molecule has 3 heteroatoms. The van der Waals surface area contributed by atoms with Crippen LogP contribution < -0.4 is 5.73 Å². The average Bonchev–Trinajstić information content (AvgIpc) is 2.21. The molecule has 0 heterocycles. The molecule has 0 saturated heterocycles. The minimum Gasteiger partial charge on any atom is -0.324 e. The minimum absolute atomic E-state index is 0.0543. The molecule has 90 valence electrons. The Hall–Kier alpha value is -0.410. The van der Waals surface area contributed by atoms with E-state index in [2.05, 4.69) is 29.8 Å². The molecule has 1 rings (SSSR count). The van der Waals surface area contributed by atoms with E-state index in [0.717, 1.165) is 18.4 Å². The molecule has 2 N–H and O–H groups in total. The van der Waals surface area contributed by atoms with E-state index in [1.165, 1.54) is 12.5 Å². The van der Waals surface area contributed by atoms with Crippen LogP contribution in [0.3, 0.4) is 0 Å². The third-order valence-electron chi connectivity index (χ3n) is 2.67. The van der Waals surface area contributed by atoms with Crippen LogP contribution in [-0.4, -0.2) is 0 Å². The third-order valence-corrected chi connectivity index (χ3v) is 3.31. The van der Waals surface area contributed by atoms with E-state index in [9.17, 15) is 4.39 Å². The van der Waals surface area contributed by atoms with Crippen molar-refractivity contribution in [2.75, 3.05) is 0 Å². The summed E-state index contributed by atoms with van der Waals surface area (Å²) in [6.45, 7) is 4.40. The summed E-state index contributed by atoms with van der Waals surface area (Å²) in [4.78, 5) is 0. The Morgan fingerprint density at radius 2 is 2.00 bits per heavy atom. The van der Waals surface area contributed by atoms with Gasteiger partial charge in [-0.2, -0.15) is 0 Å². The number of hydrogen-bond acceptors (Lipinski definition) is 1. The van der Waals surface area contributed by atoms with Gasteiger partial charge in [0.05, 0.1) is 4.47 Å². The van der Waals surface area contributed by atoms with Crippen molar-refractivity contribution in [1.29, 1.82) is 0 Å². The fraction of sp³-hybridized carbons (Fsp3) is 0.538. The molecule has 0 spiro atoms. The molecule has 0 aromatic heterocycles. The number of benzene rings is 1. The van der Waals surface area contributed by atoms with Gasteiger partial charge in [-0.25, -0.2) is 4.39 Å². The standard InChI is InChI=1S/C13H19BrFN/c1-9(2)4-3-5-13(16)10-6-7-11(14)12(15)8-10/h6-9,13H,3-5,16H2,1-2H3. The van der Waals surface area contributed by atoms with E-state index in [1.807, 2.05) is 6.07 Å². The molecule has 1 atom stereocenters. The second kappa shape index (κ2) is 6.36. The van der Waals surface area contributed by atoms with Crippen molar-refractivity contribution >= 4 is 15.9 Å². The van der Waals surface area contributed by atoms with Crippen LogP contribution in [0.4, 0.5) is 4.39 Å². The van der Waals surface area contributed by atoms with Gasteiger partial charge in [-0.05, 0) is 46.0 Å². The summed E-state index contributed by atoms with van der Waals surface area (Å²) < 4.78 is 13.8. The summed E-state index contributed by atoms with van der Waals surface area (Å²) in [5.41, 5.74) is 6.90. The quantitative estimate of drug-likeness (QED) is 0.853. The topological polar surface area (TPSA) is 26.0 Å². The Labute approximate surface area is 105 Å². The monoisotopic (exact) mass is 287 g/mol. The van der Waals surface area contributed by atoms with Crippen molar-refractivity contribution in [3.8, 4) is 0 Å². The Bertz CT molecular complexity index is 339. The molecule has 0 radical (unpaired) electrons. The maximum atomic E-state index is 13.3. The van der Waals surface area contributed by atoms with Crippen LogP contribution in [0.1, 0.15) is 44.7 Å². The zero-order valence-corrected chi connectivity index (χ0v) is 11.4. The number of halogens is 2. The molecule has 1 nitrogen and oxygen atoms in total. The maximum Gasteiger partial charge on any atom is 0.137 e. The maximum absolute atomic E-state index is 13.3. The van der Waals surface area contributed by atoms with Crippen molar-refractivity contribution in [3.05, 3.63) is 34.1 Å². The van der Waals surface area contributed by atoms with Gasteiger partial charge in [0.1, 0.15) is 5.82 Å². The second-order valence-corrected chi connectivity index (χ2v) is 5.46. The summed E-state index contributed by atoms with van der Waals surface area (Å²) in [5.74, 6) is 0.464. The highest BCUT2D eigenvalue weighted by Crippen LogP contribution is 2.23. The van der Waals surface area contributed by atoms with E-state index >= 15 is 0 Å². The molecule has 0 aliphatic heterocycles. The smallest absolute Gasteiger partial charge is 0.137 e. The van der Waals surface area contributed by atoms with Crippen molar-refractivity contribution in [3.63, 3.8) is 0 Å². The lowest BCUT2D eigenvalue weighted by Crippen LogP contribution is -2.10. The number of rotatable bonds is 5. The first-order chi connectivity index (χ1) is 7.50. The molecule has 0 aliphatic rings. The highest BCUT2D eigenvalue weighted by molar-refractivity contribution is 9.10. The Kier molecular flexibility index (Phi) is 5.42. The van der Waals surface area contributed by atoms with Crippen LogP contribution in [0.5, 0.6) is 0 Å². The highest BCUT2D eigenvalue weighted by atomic mass is 79.9. The largest absolute Gasteiger partial charge is 0.324 e. The molecule has 16 heavy (non-hydrogen) atoms. The SMILES string of the molecule is CC(C)CCCC(N)c1ccc(Br)c(F)c1. The van der Waals surface area contributed by atoms with Crippen LogP contribution in [0, 0.1) is 11.7 Å². The van der Waals surface area contributed by atoms with Gasteiger partial charge in [0, 0.05) is 6.04 Å². The molecule has 1 unspecified atom stereocenters. The van der Waals surface area contributed by atoms with E-state index < -0.39 is 0 Å². The molecule has 1 aromatic rings. The Morgan fingerprint density at radius 1 is 1.31 bits per heavy atom. The van der Waals surface area contributed by atoms with Gasteiger partial charge in [0.15, 0.2) is 0 Å². The zero-order chi connectivity index (χ0) is 12.1. The van der Waals surface area contributed by atoms with Crippen LogP contribution in [0.15, 0.2) is 22.7 Å². The van der Waals surface area contributed by atoms with Crippen molar-refractivity contribution in [2.24, 2.45) is 11.7 Å². The third kappa shape index (κ3) is 4.22. The second-order valence-electron chi connectivity index (χ2n) is 4.60. The molecular weight excluding hydrogens is 269 g/mol. The van der Waals surface area contributed by atoms with Gasteiger partial charge in [-0.3, -0.25) is 0 Å². The first-order valence-corrected chi connectivity index (χ1v) is 6.50. The first kappa shape index (κ1) is 13.7. The molecule has 0 fully saturated rings. The van der Waals surface area contributed by atoms with Gasteiger partial charge in [0.25, 0.3) is 0 Å². The summed E-state index contributed by atoms with van der Waals surface area (Å²) in [5, 5.41) is 0. The Morgan fingerprint density at radius 3 is 2.56 bits per heavy atom. The Balaban J connectivity index is 2.52. The fourth-order valence-electron chi connectivity index (χ4n) is 1.66. The van der Waals surface area contributed by atoms with E-state index in [4.69, 9.17) is 5.73 Å². The molecule has 0 bridgehead atoms. The van der Waals surface area contributed by atoms with Crippen LogP contribution in [-0.2, 0) is 0 Å². The van der Waals surface area contributed by atoms with Gasteiger partial charge in [0.2, 0.25) is 0 Å². The first-order valence-electron chi connectivity index (χ1n) is 5.71. The predicted octanol–water partition coefficient (Wildman–Crippen LogP) is 4.41. The summed E-state index contributed by atoms with van der Waals surface area (Å²) in [6.07, 6.45) is 3.18. The van der Waals surface area contributed by atoms with E-state index in [-0.39, 0.29) is 11.9 Å². The molecule has 0 saturated carbocycles. The number of hydrogen-bond donors (Lipinski definition) is 1. The number of nitrogens with two attached hydrogens (primary N) is 1. The van der Waals surface area contributed by atoms with Crippen LogP contribution >= 0.6 is 15.9 Å². The molecule has 1 aromatic carbocycles. The van der Waals surface area contributed by atoms with Crippen molar-refractivity contribution < 1.29 is 4.39 Å². The molecule has 0 amide bonds. The normalized spacial score (nSPS) is 13.1. The summed E-state index contributed by atoms with van der Waals surface area (Å²) in [6, 6.07) is 5.06. The van der Waals surface area contributed by atoms with E-state index in [1.54, 1.807) is 6.07 Å². The highest BCUT2D eigenvalue weighted by Gasteiger charge is 2.08. The zero-order valence-electron chi connectivity index (χ0n) is 9.84. The van der Waals surface area contributed by atoms with Gasteiger partial charge in [-0.15, -0.1) is 0 Å². The van der Waals surface area contributed by atoms with E-state index in [0.29, 0.717) is 10.4 Å². The van der Waals surface area contributed by atoms with Gasteiger partial charge < -0.3 is 5.73 Å². The van der Waals surface area contributed by atoms with Crippen molar-refractivity contribution in [2.45, 2.75) is 39.2 Å². The summed E-state index contributed by atoms with van der Waals surface area (Å²) >= 11 is 3.13. The average molecular weight is 288 g/mol. The molecule has 0 aliphatic carbocycles. The van der Waals surface area contributed by atoms with Crippen LogP contribution in [0.2, 0.25) is 0 Å². The lowest BCUT2D eigenvalue weighted by atomic mass is 9.99. The summed E-state index contributed by atoms with van der Waals surface area (Å²) in [7, 11) is 0. The van der Waals surface area contributed by atoms with Gasteiger partial charge >= 0.3 is 0 Å². The fourth-order valence-corrected chi connectivity index (χ4v) is 1.90. The minimum atomic E-state index is -0.239. The lowest BCUT2D eigenvalue weighted by molar-refractivity contribution is 0.504. The van der Waals surface area contributed by atoms with Crippen molar-refractivity contribution in [1.82, 2.24) is 0 Å². The van der Waals surface area contributed by atoms with Gasteiger partial charge in [-0.1, -0.05) is 32.8 Å². The predicted molar refractivity (Wildman–Crippen MR) is 69.7 cm³/mol.